The molecule has 0 amide bonds. The summed E-state index contributed by atoms with van der Waals surface area (Å²) in [7, 11) is 0. The van der Waals surface area contributed by atoms with Gasteiger partial charge >= 0.3 is 5.97 Å². The molecule has 7 heteroatoms. The average Bonchev–Trinajstić information content (AvgIpc) is 3.06. The first kappa shape index (κ1) is 16.8. The number of esters is 1. The van der Waals surface area contributed by atoms with Crippen LogP contribution >= 0.6 is 23.4 Å². The van der Waals surface area contributed by atoms with Crippen LogP contribution in [0.3, 0.4) is 0 Å². The van der Waals surface area contributed by atoms with Crippen LogP contribution in [0.25, 0.3) is 0 Å². The highest BCUT2D eigenvalue weighted by Crippen LogP contribution is 2.28. The molecule has 1 fully saturated rings. The minimum Gasteiger partial charge on any atom is -0.544 e. The van der Waals surface area contributed by atoms with Gasteiger partial charge in [0.15, 0.2) is 5.37 Å². The number of carboxylic acid groups (broad SMARTS) is 1. The molecule has 1 aliphatic rings. The highest BCUT2D eigenvalue weighted by atomic mass is 35.5. The average molecular weight is 364 g/mol. The van der Waals surface area contributed by atoms with Crippen molar-refractivity contribution >= 4 is 35.3 Å². The second-order valence-corrected chi connectivity index (χ2v) is 6.89. The maximum Gasteiger partial charge on any atom is 0.345 e. The van der Waals surface area contributed by atoms with Crippen molar-refractivity contribution in [3.8, 4) is 5.75 Å². The minimum absolute atomic E-state index is 0.00113. The lowest BCUT2D eigenvalue weighted by Crippen LogP contribution is -2.90. The molecule has 2 aromatic carbocycles. The summed E-state index contributed by atoms with van der Waals surface area (Å²) in [4.78, 5) is 23.0. The molecule has 0 aromatic heterocycles. The van der Waals surface area contributed by atoms with E-state index in [0.29, 0.717) is 22.1 Å². The summed E-state index contributed by atoms with van der Waals surface area (Å²) < 4.78 is 5.31. The molecule has 1 aliphatic heterocycles. The van der Waals surface area contributed by atoms with Gasteiger partial charge in [-0.3, -0.25) is 0 Å². The van der Waals surface area contributed by atoms with E-state index >= 15 is 0 Å². The summed E-state index contributed by atoms with van der Waals surface area (Å²) >= 11 is 7.52. The fraction of sp³-hybridized carbons (Fsp3) is 0.176. The standard InChI is InChI=1S/C17H14ClNO4S/c18-13-4-2-1-3-12(13)17(22)23-11-7-5-10(6-8-11)15-19-14(9-24-15)16(20)21/h1-8,14-15,19H,9H2,(H,20,21)/t14-,15+/m1/s1. The van der Waals surface area contributed by atoms with E-state index in [9.17, 15) is 14.7 Å². The zero-order valence-electron chi connectivity index (χ0n) is 12.5. The van der Waals surface area contributed by atoms with Crippen LogP contribution in [-0.4, -0.2) is 23.7 Å². The third kappa shape index (κ3) is 3.72. The van der Waals surface area contributed by atoms with Crippen LogP contribution in [0, 0.1) is 0 Å². The second kappa shape index (κ2) is 7.25. The van der Waals surface area contributed by atoms with E-state index in [2.05, 4.69) is 0 Å². The molecule has 0 spiro atoms. The zero-order valence-corrected chi connectivity index (χ0v) is 14.0. The second-order valence-electron chi connectivity index (χ2n) is 5.31. The Morgan fingerprint density at radius 2 is 1.88 bits per heavy atom. The molecule has 0 bridgehead atoms. The number of thioether (sulfide) groups is 1. The number of halogens is 1. The van der Waals surface area contributed by atoms with E-state index in [1.54, 1.807) is 53.5 Å². The Hall–Kier alpha value is -2.02. The number of nitrogens with two attached hydrogens (primary N) is 1. The molecule has 124 valence electrons. The zero-order chi connectivity index (χ0) is 17.1. The molecule has 3 rings (SSSR count). The summed E-state index contributed by atoms with van der Waals surface area (Å²) in [5.41, 5.74) is 1.26. The predicted molar refractivity (Wildman–Crippen MR) is 88.8 cm³/mol. The van der Waals surface area contributed by atoms with Crippen LogP contribution in [-0.2, 0) is 4.79 Å². The van der Waals surface area contributed by atoms with E-state index in [1.807, 2.05) is 12.1 Å². The van der Waals surface area contributed by atoms with Crippen molar-refractivity contribution in [2.75, 3.05) is 5.75 Å². The Morgan fingerprint density at radius 1 is 1.17 bits per heavy atom. The van der Waals surface area contributed by atoms with Crippen LogP contribution in [0.2, 0.25) is 5.02 Å². The number of rotatable bonds is 4. The summed E-state index contributed by atoms with van der Waals surface area (Å²) in [5.74, 6) is -0.651. The maximum absolute atomic E-state index is 12.1. The molecule has 1 heterocycles. The lowest BCUT2D eigenvalue weighted by atomic mass is 10.2. The summed E-state index contributed by atoms with van der Waals surface area (Å²) in [6, 6.07) is 13.2. The monoisotopic (exact) mass is 363 g/mol. The van der Waals surface area contributed by atoms with Gasteiger partial charge in [0.25, 0.3) is 0 Å². The van der Waals surface area contributed by atoms with E-state index in [0.717, 1.165) is 5.56 Å². The van der Waals surface area contributed by atoms with Crippen LogP contribution in [0.1, 0.15) is 21.3 Å². The molecule has 0 radical (unpaired) electrons. The van der Waals surface area contributed by atoms with Crippen LogP contribution in [0.15, 0.2) is 48.5 Å². The summed E-state index contributed by atoms with van der Waals surface area (Å²) in [6.45, 7) is 0. The third-order valence-corrected chi connectivity index (χ3v) is 5.35. The Kier molecular flexibility index (Phi) is 5.08. The molecule has 2 aromatic rings. The quantitative estimate of drug-likeness (QED) is 0.647. The van der Waals surface area contributed by atoms with Gasteiger partial charge in [0, 0.05) is 5.56 Å². The van der Waals surface area contributed by atoms with E-state index in [1.165, 1.54) is 0 Å². The first-order chi connectivity index (χ1) is 11.5. The van der Waals surface area contributed by atoms with E-state index < -0.39 is 18.0 Å². The highest BCUT2D eigenvalue weighted by Gasteiger charge is 2.30. The molecular weight excluding hydrogens is 350 g/mol. The highest BCUT2D eigenvalue weighted by molar-refractivity contribution is 7.99. The molecular formula is C17H14ClNO4S. The summed E-state index contributed by atoms with van der Waals surface area (Å²) in [5, 5.41) is 13.0. The largest absolute Gasteiger partial charge is 0.544 e. The minimum atomic E-state index is -1.05. The first-order valence-electron chi connectivity index (χ1n) is 7.28. The lowest BCUT2D eigenvalue weighted by Gasteiger charge is -2.11. The van der Waals surface area contributed by atoms with E-state index in [4.69, 9.17) is 16.3 Å². The van der Waals surface area contributed by atoms with Gasteiger partial charge in [0.2, 0.25) is 0 Å². The number of carboxylic acids is 1. The number of aliphatic carboxylic acids is 1. The number of carbonyl (C=O) groups excluding carboxylic acids is 2. The van der Waals surface area contributed by atoms with Crippen molar-refractivity contribution in [1.29, 1.82) is 0 Å². The molecule has 24 heavy (non-hydrogen) atoms. The number of quaternary nitrogens is 1. The topological polar surface area (TPSA) is 83.0 Å². The molecule has 5 nitrogen and oxygen atoms in total. The molecule has 0 unspecified atom stereocenters. The van der Waals surface area contributed by atoms with Crippen molar-refractivity contribution in [3.05, 3.63) is 64.7 Å². The van der Waals surface area contributed by atoms with Gasteiger partial charge in [-0.2, -0.15) is 0 Å². The molecule has 2 atom stereocenters. The van der Waals surface area contributed by atoms with Crippen molar-refractivity contribution in [2.24, 2.45) is 0 Å². The summed E-state index contributed by atoms with van der Waals surface area (Å²) in [6.07, 6.45) is 0. The Labute approximate surface area is 148 Å². The fourth-order valence-corrected chi connectivity index (χ4v) is 3.92. The maximum atomic E-state index is 12.1. The third-order valence-electron chi connectivity index (χ3n) is 3.68. The number of hydrogen-bond acceptors (Lipinski definition) is 5. The first-order valence-corrected chi connectivity index (χ1v) is 8.71. The molecule has 2 N–H and O–H groups in total. The van der Waals surface area contributed by atoms with Gasteiger partial charge in [-0.1, -0.05) is 35.5 Å². The van der Waals surface area contributed by atoms with Gasteiger partial charge in [-0.15, -0.1) is 0 Å². The van der Waals surface area contributed by atoms with Gasteiger partial charge in [0.1, 0.15) is 17.8 Å². The fourth-order valence-electron chi connectivity index (χ4n) is 2.40. The van der Waals surface area contributed by atoms with Crippen LogP contribution < -0.4 is 15.2 Å². The molecule has 1 saturated heterocycles. The molecule has 0 saturated carbocycles. The number of ether oxygens (including phenoxy) is 1. The predicted octanol–water partition coefficient (Wildman–Crippen LogP) is 0.987. The smallest absolute Gasteiger partial charge is 0.345 e. The number of carbonyl (C=O) groups is 2. The lowest BCUT2D eigenvalue weighted by molar-refractivity contribution is -0.690. The Morgan fingerprint density at radius 3 is 2.50 bits per heavy atom. The van der Waals surface area contributed by atoms with Crippen molar-refractivity contribution < 1.29 is 24.7 Å². The van der Waals surface area contributed by atoms with Gasteiger partial charge in [-0.05, 0) is 36.4 Å². The van der Waals surface area contributed by atoms with Gasteiger partial charge in [0.05, 0.1) is 16.3 Å². The molecule has 0 aliphatic carbocycles. The van der Waals surface area contributed by atoms with Crippen LogP contribution in [0.5, 0.6) is 5.75 Å². The van der Waals surface area contributed by atoms with Crippen molar-refractivity contribution in [2.45, 2.75) is 11.4 Å². The van der Waals surface area contributed by atoms with Crippen molar-refractivity contribution in [3.63, 3.8) is 0 Å². The number of benzene rings is 2. The Bertz CT molecular complexity index is 765. The number of hydrogen-bond donors (Lipinski definition) is 1. The normalized spacial score (nSPS) is 19.9. The van der Waals surface area contributed by atoms with E-state index in [-0.39, 0.29) is 5.37 Å². The Balaban J connectivity index is 1.66. The van der Waals surface area contributed by atoms with Gasteiger partial charge in [-0.25, -0.2) is 4.79 Å². The van der Waals surface area contributed by atoms with Gasteiger partial charge < -0.3 is 20.0 Å². The van der Waals surface area contributed by atoms with Crippen molar-refractivity contribution in [1.82, 2.24) is 0 Å². The van der Waals surface area contributed by atoms with Crippen LogP contribution in [0.4, 0.5) is 0 Å². The SMILES string of the molecule is O=C(Oc1ccc([C@H]2[NH2+][C@@H](C(=O)[O-])CS2)cc1)c1ccccc1Cl.